The van der Waals surface area contributed by atoms with E-state index in [1.54, 1.807) is 17.0 Å². The third-order valence-electron chi connectivity index (χ3n) is 2.82. The maximum absolute atomic E-state index is 12.7. The van der Waals surface area contributed by atoms with E-state index in [1.165, 1.54) is 17.7 Å². The minimum atomic E-state index is -0.306. The Morgan fingerprint density at radius 1 is 1.35 bits per heavy atom. The highest BCUT2D eigenvalue weighted by Gasteiger charge is 2.15. The van der Waals surface area contributed by atoms with E-state index in [0.717, 1.165) is 13.0 Å². The molecule has 90 valence electrons. The first-order valence-electron chi connectivity index (χ1n) is 5.62. The molecule has 17 heavy (non-hydrogen) atoms. The van der Waals surface area contributed by atoms with Crippen molar-refractivity contribution >= 4 is 11.7 Å². The van der Waals surface area contributed by atoms with Crippen LogP contribution in [0, 0.1) is 5.82 Å². The topological polar surface area (TPSA) is 32.3 Å². The number of hydrogen-bond acceptors (Lipinski definition) is 1. The van der Waals surface area contributed by atoms with Crippen molar-refractivity contribution in [3.8, 4) is 0 Å². The molecule has 0 spiro atoms. The molecule has 0 unspecified atom stereocenters. The Kier molecular flexibility index (Phi) is 3.42. The summed E-state index contributed by atoms with van der Waals surface area (Å²) < 4.78 is 12.7. The molecule has 0 bridgehead atoms. The zero-order chi connectivity index (χ0) is 12.3. The average molecular weight is 234 g/mol. The van der Waals surface area contributed by atoms with Gasteiger partial charge in [-0.05, 0) is 37.6 Å². The third kappa shape index (κ3) is 3.06. The van der Waals surface area contributed by atoms with Crippen molar-refractivity contribution in [2.45, 2.75) is 13.3 Å². The van der Waals surface area contributed by atoms with Gasteiger partial charge in [0.1, 0.15) is 5.82 Å². The highest BCUT2D eigenvalue weighted by Crippen LogP contribution is 2.13. The van der Waals surface area contributed by atoms with E-state index in [1.807, 2.05) is 6.08 Å². The number of urea groups is 1. The van der Waals surface area contributed by atoms with Crippen molar-refractivity contribution in [2.24, 2.45) is 0 Å². The van der Waals surface area contributed by atoms with E-state index in [4.69, 9.17) is 0 Å². The molecule has 0 saturated heterocycles. The number of nitrogens with zero attached hydrogens (tertiary/aromatic N) is 1. The van der Waals surface area contributed by atoms with Crippen LogP contribution in [0.25, 0.3) is 0 Å². The van der Waals surface area contributed by atoms with Gasteiger partial charge in [0.25, 0.3) is 0 Å². The van der Waals surface area contributed by atoms with Crippen molar-refractivity contribution in [2.75, 3.05) is 18.4 Å². The van der Waals surface area contributed by atoms with Gasteiger partial charge in [0.05, 0.1) is 0 Å². The van der Waals surface area contributed by atoms with E-state index in [-0.39, 0.29) is 11.8 Å². The quantitative estimate of drug-likeness (QED) is 0.744. The van der Waals surface area contributed by atoms with Crippen molar-refractivity contribution in [1.29, 1.82) is 0 Å². The summed E-state index contributed by atoms with van der Waals surface area (Å²) in [5, 5.41) is 2.74. The van der Waals surface area contributed by atoms with Gasteiger partial charge in [-0.1, -0.05) is 11.6 Å². The van der Waals surface area contributed by atoms with Crippen LogP contribution in [0.2, 0.25) is 0 Å². The highest BCUT2D eigenvalue weighted by atomic mass is 19.1. The molecule has 1 N–H and O–H groups in total. The average Bonchev–Trinajstić information content (AvgIpc) is 2.33. The van der Waals surface area contributed by atoms with Gasteiger partial charge in [-0.3, -0.25) is 0 Å². The summed E-state index contributed by atoms with van der Waals surface area (Å²) in [5.74, 6) is -0.306. The van der Waals surface area contributed by atoms with Crippen LogP contribution in [0.4, 0.5) is 14.9 Å². The van der Waals surface area contributed by atoms with Crippen molar-refractivity contribution < 1.29 is 9.18 Å². The maximum atomic E-state index is 12.7. The SMILES string of the molecule is CC1=CCN(C(=O)Nc2ccc(F)cc2)CC1. The highest BCUT2D eigenvalue weighted by molar-refractivity contribution is 5.89. The summed E-state index contributed by atoms with van der Waals surface area (Å²) in [6.45, 7) is 3.43. The van der Waals surface area contributed by atoms with E-state index in [2.05, 4.69) is 12.2 Å². The van der Waals surface area contributed by atoms with Crippen LogP contribution < -0.4 is 5.32 Å². The van der Waals surface area contributed by atoms with Crippen LogP contribution in [0.15, 0.2) is 35.9 Å². The number of rotatable bonds is 1. The third-order valence-corrected chi connectivity index (χ3v) is 2.82. The molecule has 0 saturated carbocycles. The van der Waals surface area contributed by atoms with Crippen LogP contribution >= 0.6 is 0 Å². The Labute approximate surface area is 99.9 Å². The van der Waals surface area contributed by atoms with Gasteiger partial charge in [-0.2, -0.15) is 0 Å². The number of halogens is 1. The Balaban J connectivity index is 1.95. The number of benzene rings is 1. The molecule has 1 aromatic rings. The standard InChI is InChI=1S/C13H15FN2O/c1-10-6-8-16(9-7-10)13(17)15-12-4-2-11(14)3-5-12/h2-6H,7-9H2,1H3,(H,15,17). The fraction of sp³-hybridized carbons (Fsp3) is 0.308. The first kappa shape index (κ1) is 11.6. The zero-order valence-electron chi connectivity index (χ0n) is 9.74. The van der Waals surface area contributed by atoms with E-state index in [9.17, 15) is 9.18 Å². The van der Waals surface area contributed by atoms with Crippen LogP contribution in [-0.2, 0) is 0 Å². The lowest BCUT2D eigenvalue weighted by Crippen LogP contribution is -2.37. The number of carbonyl (C=O) groups is 1. The number of hydrogen-bond donors (Lipinski definition) is 1. The van der Waals surface area contributed by atoms with Crippen LogP contribution in [0.1, 0.15) is 13.3 Å². The fourth-order valence-electron chi connectivity index (χ4n) is 1.69. The maximum Gasteiger partial charge on any atom is 0.322 e. The molecule has 4 heteroatoms. The van der Waals surface area contributed by atoms with Gasteiger partial charge >= 0.3 is 6.03 Å². The summed E-state index contributed by atoms with van der Waals surface area (Å²) in [7, 11) is 0. The monoisotopic (exact) mass is 234 g/mol. The van der Waals surface area contributed by atoms with Crippen molar-refractivity contribution in [3.05, 3.63) is 41.7 Å². The summed E-state index contributed by atoms with van der Waals surface area (Å²) >= 11 is 0. The first-order valence-corrected chi connectivity index (χ1v) is 5.62. The molecule has 2 amide bonds. The largest absolute Gasteiger partial charge is 0.322 e. The fourth-order valence-corrected chi connectivity index (χ4v) is 1.69. The number of nitrogens with one attached hydrogen (secondary N) is 1. The minimum absolute atomic E-state index is 0.139. The molecule has 0 aliphatic carbocycles. The predicted molar refractivity (Wildman–Crippen MR) is 65.4 cm³/mol. The first-order chi connectivity index (χ1) is 8.15. The van der Waals surface area contributed by atoms with Crippen molar-refractivity contribution in [1.82, 2.24) is 4.90 Å². The second-order valence-corrected chi connectivity index (χ2v) is 4.18. The van der Waals surface area contributed by atoms with Gasteiger partial charge in [-0.25, -0.2) is 9.18 Å². The van der Waals surface area contributed by atoms with Crippen LogP contribution in [0.3, 0.4) is 0 Å². The van der Waals surface area contributed by atoms with Gasteiger partial charge in [0.15, 0.2) is 0 Å². The summed E-state index contributed by atoms with van der Waals surface area (Å²) in [5.41, 5.74) is 1.93. The van der Waals surface area contributed by atoms with E-state index in [0.29, 0.717) is 12.2 Å². The number of anilines is 1. The molecule has 2 rings (SSSR count). The molecule has 1 heterocycles. The molecular weight excluding hydrogens is 219 g/mol. The molecule has 0 radical (unpaired) electrons. The Morgan fingerprint density at radius 3 is 2.65 bits per heavy atom. The van der Waals surface area contributed by atoms with Gasteiger partial charge in [-0.15, -0.1) is 0 Å². The summed E-state index contributed by atoms with van der Waals surface area (Å²) in [6, 6.07) is 5.63. The van der Waals surface area contributed by atoms with Crippen LogP contribution in [0.5, 0.6) is 0 Å². The van der Waals surface area contributed by atoms with Crippen LogP contribution in [-0.4, -0.2) is 24.0 Å². The van der Waals surface area contributed by atoms with Crippen molar-refractivity contribution in [3.63, 3.8) is 0 Å². The summed E-state index contributed by atoms with van der Waals surface area (Å²) in [4.78, 5) is 13.6. The Morgan fingerprint density at radius 2 is 2.06 bits per heavy atom. The molecule has 0 aromatic heterocycles. The van der Waals surface area contributed by atoms with Gasteiger partial charge < -0.3 is 10.2 Å². The summed E-state index contributed by atoms with van der Waals surface area (Å²) in [6.07, 6.45) is 2.96. The lowest BCUT2D eigenvalue weighted by atomic mass is 10.1. The van der Waals surface area contributed by atoms with E-state index < -0.39 is 0 Å². The normalized spacial score (nSPS) is 15.4. The second-order valence-electron chi connectivity index (χ2n) is 4.18. The lowest BCUT2D eigenvalue weighted by Gasteiger charge is -2.25. The minimum Gasteiger partial charge on any atom is -0.320 e. The number of amides is 2. The van der Waals surface area contributed by atoms with E-state index >= 15 is 0 Å². The Hall–Kier alpha value is -1.84. The smallest absolute Gasteiger partial charge is 0.320 e. The molecule has 1 aromatic carbocycles. The number of carbonyl (C=O) groups excluding carboxylic acids is 1. The molecule has 3 nitrogen and oxygen atoms in total. The lowest BCUT2D eigenvalue weighted by molar-refractivity contribution is 0.215. The second kappa shape index (κ2) is 4.99. The molecular formula is C13H15FN2O. The molecule has 0 fully saturated rings. The molecule has 1 aliphatic rings. The zero-order valence-corrected chi connectivity index (χ0v) is 9.74. The molecule has 0 atom stereocenters. The van der Waals surface area contributed by atoms with Gasteiger partial charge in [0.2, 0.25) is 0 Å². The Bertz CT molecular complexity index is 439. The van der Waals surface area contributed by atoms with Gasteiger partial charge in [0, 0.05) is 18.8 Å². The molecule has 1 aliphatic heterocycles. The predicted octanol–water partition coefficient (Wildman–Crippen LogP) is 3.01.